The number of para-hydroxylation sites is 2. The van der Waals surface area contributed by atoms with Crippen LogP contribution in [0.5, 0.6) is 0 Å². The molecule has 0 N–H and O–H groups in total. The van der Waals surface area contributed by atoms with E-state index in [-0.39, 0.29) is 0 Å². The lowest BCUT2D eigenvalue weighted by atomic mass is 9.64. The number of aromatic nitrogens is 1. The average Bonchev–Trinajstić information content (AvgIpc) is 3.80. The van der Waals surface area contributed by atoms with Crippen molar-refractivity contribution in [1.29, 1.82) is 0 Å². The highest BCUT2D eigenvalue weighted by atomic mass is 16.3. The average molecular weight is 727 g/mol. The van der Waals surface area contributed by atoms with E-state index in [9.17, 15) is 0 Å². The second kappa shape index (κ2) is 12.3. The van der Waals surface area contributed by atoms with Gasteiger partial charge in [-0.2, -0.15) is 0 Å². The molecule has 2 aromatic heterocycles. The molecule has 0 saturated heterocycles. The number of nitrogens with zero attached hydrogens (tertiary/aromatic N) is 2. The zero-order chi connectivity index (χ0) is 37.5. The second-order valence-corrected chi connectivity index (χ2v) is 15.1. The third-order valence-corrected chi connectivity index (χ3v) is 12.1. The summed E-state index contributed by atoms with van der Waals surface area (Å²) in [6, 6.07) is 74.4. The molecule has 8 aromatic carbocycles. The van der Waals surface area contributed by atoms with Crippen molar-refractivity contribution in [1.82, 2.24) is 4.98 Å². The molecule has 1 aliphatic carbocycles. The molecule has 3 heterocycles. The van der Waals surface area contributed by atoms with Gasteiger partial charge in [0.25, 0.3) is 0 Å². The molecule has 0 atom stereocenters. The van der Waals surface area contributed by atoms with Gasteiger partial charge in [-0.25, -0.2) is 4.98 Å². The van der Waals surface area contributed by atoms with E-state index in [1.165, 1.54) is 33.4 Å². The van der Waals surface area contributed by atoms with E-state index in [2.05, 4.69) is 199 Å². The fourth-order valence-corrected chi connectivity index (χ4v) is 9.63. The fraction of sp³-hybridized carbons (Fsp3) is 0.0185. The van der Waals surface area contributed by atoms with E-state index in [1.54, 1.807) is 0 Å². The quantitative estimate of drug-likeness (QED) is 0.181. The molecule has 0 saturated carbocycles. The van der Waals surface area contributed by atoms with E-state index in [0.29, 0.717) is 0 Å². The zero-order valence-corrected chi connectivity index (χ0v) is 30.9. The number of pyridine rings is 1. The third kappa shape index (κ3) is 4.63. The Hall–Kier alpha value is -7.49. The van der Waals surface area contributed by atoms with Crippen molar-refractivity contribution in [3.8, 4) is 44.6 Å². The molecule has 0 fully saturated rings. The number of hydrogen-bond acceptors (Lipinski definition) is 3. The van der Waals surface area contributed by atoms with Crippen LogP contribution in [-0.4, -0.2) is 4.98 Å². The molecular weight excluding hydrogens is 693 g/mol. The van der Waals surface area contributed by atoms with Gasteiger partial charge in [0, 0.05) is 16.3 Å². The molecule has 1 spiro atoms. The van der Waals surface area contributed by atoms with Crippen LogP contribution < -0.4 is 4.90 Å². The molecule has 1 aliphatic heterocycles. The van der Waals surface area contributed by atoms with Crippen LogP contribution in [0.25, 0.3) is 66.6 Å². The number of hydrogen-bond donors (Lipinski definition) is 0. The van der Waals surface area contributed by atoms with Crippen molar-refractivity contribution in [2.75, 3.05) is 4.90 Å². The fourth-order valence-electron chi connectivity index (χ4n) is 9.63. The van der Waals surface area contributed by atoms with Crippen molar-refractivity contribution in [3.63, 3.8) is 0 Å². The molecule has 0 radical (unpaired) electrons. The van der Waals surface area contributed by atoms with Crippen LogP contribution in [0.2, 0.25) is 0 Å². The Balaban J connectivity index is 1.17. The summed E-state index contributed by atoms with van der Waals surface area (Å²) in [4.78, 5) is 7.94. The molecule has 3 heteroatoms. The maximum absolute atomic E-state index is 6.41. The van der Waals surface area contributed by atoms with Crippen LogP contribution in [0.3, 0.4) is 0 Å². The predicted molar refractivity (Wildman–Crippen MR) is 233 cm³/mol. The van der Waals surface area contributed by atoms with Crippen LogP contribution >= 0.6 is 0 Å². The first-order valence-electron chi connectivity index (χ1n) is 19.5. The number of furan rings is 1. The molecule has 12 rings (SSSR count). The number of fused-ring (bicyclic) bond motifs is 12. The van der Waals surface area contributed by atoms with Gasteiger partial charge in [0.05, 0.1) is 22.5 Å². The van der Waals surface area contributed by atoms with Crippen molar-refractivity contribution in [3.05, 3.63) is 229 Å². The summed E-state index contributed by atoms with van der Waals surface area (Å²) in [6.07, 6.45) is 0. The topological polar surface area (TPSA) is 29.3 Å². The Morgan fingerprint density at radius 2 is 0.947 bits per heavy atom. The van der Waals surface area contributed by atoms with Crippen LogP contribution in [0.15, 0.2) is 211 Å². The number of benzene rings is 8. The predicted octanol–water partition coefficient (Wildman–Crippen LogP) is 14.1. The molecule has 57 heavy (non-hydrogen) atoms. The molecule has 3 nitrogen and oxygen atoms in total. The first-order chi connectivity index (χ1) is 28.3. The van der Waals surface area contributed by atoms with Crippen LogP contribution in [0, 0.1) is 0 Å². The van der Waals surface area contributed by atoms with E-state index in [1.807, 2.05) is 12.1 Å². The summed E-state index contributed by atoms with van der Waals surface area (Å²) in [5.74, 6) is 0.864. The minimum absolute atomic E-state index is 0.546. The molecule has 266 valence electrons. The first-order valence-corrected chi connectivity index (χ1v) is 19.5. The second-order valence-electron chi connectivity index (χ2n) is 15.1. The molecular formula is C54H34N2O. The highest BCUT2D eigenvalue weighted by Gasteiger charge is 2.51. The third-order valence-electron chi connectivity index (χ3n) is 12.1. The minimum atomic E-state index is -0.546. The van der Waals surface area contributed by atoms with Crippen molar-refractivity contribution < 1.29 is 4.42 Å². The maximum Gasteiger partial charge on any atom is 0.138 e. The molecule has 0 unspecified atom stereocenters. The minimum Gasteiger partial charge on any atom is -0.456 e. The summed E-state index contributed by atoms with van der Waals surface area (Å²) in [5.41, 5.74) is 17.5. The Morgan fingerprint density at radius 1 is 0.368 bits per heavy atom. The summed E-state index contributed by atoms with van der Waals surface area (Å²) in [7, 11) is 0. The largest absolute Gasteiger partial charge is 0.456 e. The molecule has 10 aromatic rings. The molecule has 2 aliphatic rings. The van der Waals surface area contributed by atoms with Crippen molar-refractivity contribution >= 4 is 39.1 Å². The molecule has 0 bridgehead atoms. The van der Waals surface area contributed by atoms with Gasteiger partial charge >= 0.3 is 0 Å². The van der Waals surface area contributed by atoms with Gasteiger partial charge in [-0.3, -0.25) is 4.90 Å². The van der Waals surface area contributed by atoms with Gasteiger partial charge in [-0.15, -0.1) is 0 Å². The summed E-state index contributed by atoms with van der Waals surface area (Å²) >= 11 is 0. The smallest absolute Gasteiger partial charge is 0.138 e. The lowest BCUT2D eigenvalue weighted by molar-refractivity contribution is 0.669. The summed E-state index contributed by atoms with van der Waals surface area (Å²) in [5, 5.41) is 2.25. The van der Waals surface area contributed by atoms with Gasteiger partial charge in [0.2, 0.25) is 0 Å². The lowest BCUT2D eigenvalue weighted by Crippen LogP contribution is -2.36. The van der Waals surface area contributed by atoms with Crippen molar-refractivity contribution in [2.24, 2.45) is 0 Å². The first kappa shape index (κ1) is 31.8. The zero-order valence-electron chi connectivity index (χ0n) is 30.9. The van der Waals surface area contributed by atoms with Gasteiger partial charge < -0.3 is 4.42 Å². The number of anilines is 3. The highest BCUT2D eigenvalue weighted by Crippen LogP contribution is 2.63. The summed E-state index contributed by atoms with van der Waals surface area (Å²) in [6.45, 7) is 0. The Kier molecular flexibility index (Phi) is 6.84. The van der Waals surface area contributed by atoms with Crippen LogP contribution in [-0.2, 0) is 5.41 Å². The van der Waals surface area contributed by atoms with Gasteiger partial charge in [0.15, 0.2) is 0 Å². The van der Waals surface area contributed by atoms with Gasteiger partial charge in [-0.1, -0.05) is 164 Å². The van der Waals surface area contributed by atoms with Gasteiger partial charge in [0.1, 0.15) is 17.0 Å². The van der Waals surface area contributed by atoms with Crippen LogP contribution in [0.1, 0.15) is 22.3 Å². The van der Waals surface area contributed by atoms with E-state index in [4.69, 9.17) is 9.40 Å². The lowest BCUT2D eigenvalue weighted by Gasteiger charge is -2.45. The number of rotatable bonds is 4. The molecule has 0 amide bonds. The Morgan fingerprint density at radius 3 is 1.72 bits per heavy atom. The van der Waals surface area contributed by atoms with Crippen molar-refractivity contribution in [2.45, 2.75) is 5.41 Å². The maximum atomic E-state index is 6.41. The van der Waals surface area contributed by atoms with E-state index in [0.717, 1.165) is 72.6 Å². The van der Waals surface area contributed by atoms with Crippen LogP contribution in [0.4, 0.5) is 17.2 Å². The Labute approximate surface area is 330 Å². The standard InChI is InChI=1S/C54H34N2O/c1-3-15-35(16-4-1)39-31-48(36-17-5-2-6-18-36)55-53(34-39)56-49-25-13-12-24-46(49)54(44-22-10-7-19-40(44)41-20-8-11-23-45(41)54)47-30-28-37(32-50(47)56)38-27-29-43-42-21-9-14-26-51(42)57-52(43)33-38/h1-34H. The van der Waals surface area contributed by atoms with Gasteiger partial charge in [-0.05, 0) is 98.1 Å². The monoisotopic (exact) mass is 726 g/mol. The normalized spacial score (nSPS) is 13.4. The SMILES string of the molecule is c1ccc(-c2cc(-c3ccccc3)nc(N3c4ccccc4C4(c5ccccc5-c5ccccc54)c4ccc(-c5ccc6c(c5)oc5ccccc56)cc43)c2)cc1. The highest BCUT2D eigenvalue weighted by molar-refractivity contribution is 6.06. The summed E-state index contributed by atoms with van der Waals surface area (Å²) < 4.78 is 6.41. The Bertz CT molecular complexity index is 3090. The van der Waals surface area contributed by atoms with E-state index < -0.39 is 5.41 Å². The van der Waals surface area contributed by atoms with E-state index >= 15 is 0 Å².